The van der Waals surface area contributed by atoms with Crippen molar-refractivity contribution in [3.8, 4) is 0 Å². The van der Waals surface area contributed by atoms with Crippen LogP contribution in [0.1, 0.15) is 0 Å². The molecule has 0 aromatic heterocycles. The molecular formula is C5H3F6I. The lowest BCUT2D eigenvalue weighted by atomic mass is 10.2. The highest BCUT2D eigenvalue weighted by Gasteiger charge is 2.47. The quantitative estimate of drug-likeness (QED) is 0.425. The van der Waals surface area contributed by atoms with Gasteiger partial charge < -0.3 is 0 Å². The van der Waals surface area contributed by atoms with Gasteiger partial charge in [-0.1, -0.05) is 22.6 Å². The molecule has 0 bridgehead atoms. The van der Waals surface area contributed by atoms with E-state index in [0.29, 0.717) is 0 Å². The predicted molar refractivity (Wildman–Crippen MR) is 39.1 cm³/mol. The van der Waals surface area contributed by atoms with E-state index in [2.05, 4.69) is 0 Å². The highest BCUT2D eigenvalue weighted by molar-refractivity contribution is 14.1. The molecule has 0 radical (unpaired) electrons. The van der Waals surface area contributed by atoms with Crippen molar-refractivity contribution in [3.63, 3.8) is 0 Å². The molecule has 0 N–H and O–H groups in total. The first-order valence-corrected chi connectivity index (χ1v) is 4.15. The van der Waals surface area contributed by atoms with E-state index >= 15 is 0 Å². The molecule has 0 rings (SSSR count). The van der Waals surface area contributed by atoms with Crippen molar-refractivity contribution < 1.29 is 26.3 Å². The van der Waals surface area contributed by atoms with Gasteiger partial charge in [0.1, 0.15) is 0 Å². The molecule has 12 heavy (non-hydrogen) atoms. The van der Waals surface area contributed by atoms with Crippen molar-refractivity contribution in [1.29, 1.82) is 0 Å². The number of allylic oxidation sites excluding steroid dienone is 1. The molecule has 0 aliphatic carbocycles. The molecule has 0 aromatic rings. The smallest absolute Gasteiger partial charge is 0.239 e. The molecule has 1 unspecified atom stereocenters. The maximum atomic E-state index is 12.2. The average Bonchev–Trinajstić information content (AvgIpc) is 2.01. The van der Waals surface area contributed by atoms with Crippen molar-refractivity contribution in [2.24, 2.45) is 0 Å². The van der Waals surface area contributed by atoms with Gasteiger partial charge in [0.15, 0.2) is 6.17 Å². The van der Waals surface area contributed by atoms with Gasteiger partial charge >= 0.3 is 12.0 Å². The van der Waals surface area contributed by atoms with Crippen LogP contribution >= 0.6 is 22.6 Å². The van der Waals surface area contributed by atoms with Crippen LogP contribution < -0.4 is 0 Å². The predicted octanol–water partition coefficient (Wildman–Crippen LogP) is 3.47. The highest BCUT2D eigenvalue weighted by Crippen LogP contribution is 2.34. The molecule has 7 heteroatoms. The van der Waals surface area contributed by atoms with Gasteiger partial charge in [0.25, 0.3) is 0 Å². The molecule has 0 aliphatic rings. The summed E-state index contributed by atoms with van der Waals surface area (Å²) in [5.74, 6) is -7.72. The third kappa shape index (κ3) is 2.53. The fourth-order valence-corrected chi connectivity index (χ4v) is 0.913. The largest absolute Gasteiger partial charge is 0.335 e. The lowest BCUT2D eigenvalue weighted by molar-refractivity contribution is -0.0496. The van der Waals surface area contributed by atoms with Gasteiger partial charge in [-0.25, -0.2) is 4.39 Å². The minimum atomic E-state index is -4.72. The zero-order valence-corrected chi connectivity index (χ0v) is 7.59. The molecule has 72 valence electrons. The van der Waals surface area contributed by atoms with Crippen LogP contribution in [0.25, 0.3) is 0 Å². The summed E-state index contributed by atoms with van der Waals surface area (Å²) in [5.41, 5.74) is 0. The molecule has 1 atom stereocenters. The summed E-state index contributed by atoms with van der Waals surface area (Å²) in [6, 6.07) is 0. The third-order valence-corrected chi connectivity index (χ3v) is 1.76. The van der Waals surface area contributed by atoms with Crippen molar-refractivity contribution in [3.05, 3.63) is 11.9 Å². The Morgan fingerprint density at radius 2 is 1.67 bits per heavy atom. The summed E-state index contributed by atoms with van der Waals surface area (Å²) >= 11 is 1.21. The molecule has 0 aromatic carbocycles. The first kappa shape index (κ1) is 12.0. The monoisotopic (exact) mass is 304 g/mol. The Hall–Kier alpha value is 0.0500. The van der Waals surface area contributed by atoms with Gasteiger partial charge in [0.05, 0.1) is 0 Å². The van der Waals surface area contributed by atoms with E-state index in [1.165, 1.54) is 22.6 Å². The van der Waals surface area contributed by atoms with E-state index in [1.54, 1.807) is 0 Å². The van der Waals surface area contributed by atoms with Gasteiger partial charge in [-0.2, -0.15) is 22.0 Å². The first-order valence-electron chi connectivity index (χ1n) is 2.63. The van der Waals surface area contributed by atoms with Crippen LogP contribution in [0.2, 0.25) is 0 Å². The van der Waals surface area contributed by atoms with Crippen LogP contribution in [0.15, 0.2) is 11.9 Å². The summed E-state index contributed by atoms with van der Waals surface area (Å²) in [7, 11) is 0. The van der Waals surface area contributed by atoms with Crippen molar-refractivity contribution in [2.75, 3.05) is 4.43 Å². The SMILES string of the molecule is FC(F)=C(F)C(F)(F)C(F)CI. The van der Waals surface area contributed by atoms with Crippen LogP contribution in [0.4, 0.5) is 26.3 Å². The third-order valence-electron chi connectivity index (χ3n) is 0.987. The van der Waals surface area contributed by atoms with Gasteiger partial charge in [-0.05, 0) is 0 Å². The molecule has 0 aliphatic heterocycles. The van der Waals surface area contributed by atoms with Gasteiger partial charge in [-0.15, -0.1) is 0 Å². The second-order valence-corrected chi connectivity index (χ2v) is 2.70. The zero-order chi connectivity index (χ0) is 9.94. The molecular weight excluding hydrogens is 301 g/mol. The normalized spacial score (nSPS) is 14.2. The molecule has 0 saturated carbocycles. The molecule has 0 fully saturated rings. The number of rotatable bonds is 3. The molecule has 0 spiro atoms. The minimum Gasteiger partial charge on any atom is -0.239 e. The molecule has 0 saturated heterocycles. The van der Waals surface area contributed by atoms with Crippen molar-refractivity contribution in [1.82, 2.24) is 0 Å². The standard InChI is InChI=1S/C5H3F6I/c6-2(1-12)5(10,11)3(7)4(8)9/h2H,1H2. The average molecular weight is 304 g/mol. The zero-order valence-electron chi connectivity index (χ0n) is 5.43. The Balaban J connectivity index is 4.73. The second kappa shape index (κ2) is 4.33. The Morgan fingerprint density at radius 1 is 1.25 bits per heavy atom. The van der Waals surface area contributed by atoms with E-state index in [0.717, 1.165) is 0 Å². The van der Waals surface area contributed by atoms with Crippen molar-refractivity contribution in [2.45, 2.75) is 12.1 Å². The summed E-state index contributed by atoms with van der Waals surface area (Å²) in [6.45, 7) is 0. The topological polar surface area (TPSA) is 0 Å². The van der Waals surface area contributed by atoms with Crippen LogP contribution in [0, 0.1) is 0 Å². The summed E-state index contributed by atoms with van der Waals surface area (Å²) in [6.07, 6.45) is -6.12. The van der Waals surface area contributed by atoms with Crippen LogP contribution in [-0.2, 0) is 0 Å². The Labute approximate surface area is 77.8 Å². The molecule has 0 amide bonds. The van der Waals surface area contributed by atoms with E-state index in [-0.39, 0.29) is 0 Å². The Kier molecular flexibility index (Phi) is 4.35. The molecule has 0 nitrogen and oxygen atoms in total. The number of hydrogen-bond donors (Lipinski definition) is 0. The summed E-state index contributed by atoms with van der Waals surface area (Å²) in [5, 5.41) is 0. The van der Waals surface area contributed by atoms with Crippen LogP contribution in [0.5, 0.6) is 0 Å². The second-order valence-electron chi connectivity index (χ2n) is 1.82. The first-order chi connectivity index (χ1) is 5.34. The van der Waals surface area contributed by atoms with Crippen LogP contribution in [0.3, 0.4) is 0 Å². The Morgan fingerprint density at radius 3 is 1.92 bits per heavy atom. The van der Waals surface area contributed by atoms with Gasteiger partial charge in [-0.3, -0.25) is 0 Å². The minimum absolute atomic E-state index is 0.758. The number of halogens is 7. The van der Waals surface area contributed by atoms with Crippen molar-refractivity contribution >= 4 is 22.6 Å². The Bertz CT molecular complexity index is 184. The number of alkyl halides is 4. The summed E-state index contributed by atoms with van der Waals surface area (Å²) in [4.78, 5) is 0. The maximum absolute atomic E-state index is 12.2. The maximum Gasteiger partial charge on any atom is 0.335 e. The van der Waals surface area contributed by atoms with E-state index in [4.69, 9.17) is 0 Å². The van der Waals surface area contributed by atoms with Crippen LogP contribution in [-0.4, -0.2) is 16.5 Å². The number of hydrogen-bond acceptors (Lipinski definition) is 0. The summed E-state index contributed by atoms with van der Waals surface area (Å²) < 4.78 is 70.2. The van der Waals surface area contributed by atoms with E-state index < -0.39 is 28.4 Å². The van der Waals surface area contributed by atoms with E-state index in [9.17, 15) is 26.3 Å². The van der Waals surface area contributed by atoms with Gasteiger partial charge in [0.2, 0.25) is 5.83 Å². The molecule has 0 heterocycles. The lowest BCUT2D eigenvalue weighted by Crippen LogP contribution is -2.32. The fourth-order valence-electron chi connectivity index (χ4n) is 0.360. The van der Waals surface area contributed by atoms with Gasteiger partial charge in [0, 0.05) is 4.43 Å². The lowest BCUT2D eigenvalue weighted by Gasteiger charge is -2.15. The highest BCUT2D eigenvalue weighted by atomic mass is 127. The van der Waals surface area contributed by atoms with E-state index in [1.807, 2.05) is 0 Å². The fraction of sp³-hybridized carbons (Fsp3) is 0.600.